The highest BCUT2D eigenvalue weighted by Crippen LogP contribution is 2.35. The van der Waals surface area contributed by atoms with Crippen molar-refractivity contribution in [2.75, 3.05) is 24.5 Å². The third-order valence-electron chi connectivity index (χ3n) is 6.97. The van der Waals surface area contributed by atoms with Crippen molar-refractivity contribution in [2.45, 2.75) is 49.8 Å². The first kappa shape index (κ1) is 22.9. The quantitative estimate of drug-likeness (QED) is 0.594. The van der Waals surface area contributed by atoms with Crippen LogP contribution >= 0.6 is 0 Å². The molecule has 0 bridgehead atoms. The van der Waals surface area contributed by atoms with E-state index in [4.69, 9.17) is 4.42 Å². The number of nitrogens with one attached hydrogen (secondary N) is 1. The maximum atomic E-state index is 13.5. The fourth-order valence-corrected chi connectivity index (χ4v) is 7.10. The number of aromatic nitrogens is 2. The van der Waals surface area contributed by atoms with E-state index in [1.807, 2.05) is 42.5 Å². The zero-order valence-corrected chi connectivity index (χ0v) is 19.9. The number of anilines is 1. The lowest BCUT2D eigenvalue weighted by Gasteiger charge is -2.32. The van der Waals surface area contributed by atoms with E-state index in [2.05, 4.69) is 27.2 Å². The fourth-order valence-electron chi connectivity index (χ4n) is 5.07. The lowest BCUT2D eigenvalue weighted by atomic mass is 9.96. The molecule has 0 aliphatic carbocycles. The van der Waals surface area contributed by atoms with Crippen LogP contribution in [-0.2, 0) is 16.6 Å². The monoisotopic (exact) mass is 482 g/mol. The maximum Gasteiger partial charge on any atom is 0.434 e. The van der Waals surface area contributed by atoms with E-state index in [0.717, 1.165) is 55.6 Å². The topological polar surface area (TPSA) is 99.5 Å². The number of rotatable bonds is 5. The molecule has 5 rings (SSSR count). The molecular weight excluding hydrogens is 452 g/mol. The Balaban J connectivity index is 1.24. The molecule has 1 atom stereocenters. The number of H-pyrrole nitrogens is 1. The number of sulfonamides is 1. The van der Waals surface area contributed by atoms with E-state index in [1.54, 1.807) is 4.31 Å². The van der Waals surface area contributed by atoms with Gasteiger partial charge in [0.05, 0.1) is 0 Å². The van der Waals surface area contributed by atoms with Crippen molar-refractivity contribution in [3.63, 3.8) is 0 Å². The summed E-state index contributed by atoms with van der Waals surface area (Å²) in [5.41, 5.74) is 2.99. The van der Waals surface area contributed by atoms with Crippen LogP contribution in [0.3, 0.4) is 0 Å². The summed E-state index contributed by atoms with van der Waals surface area (Å²) in [5, 5.41) is 5.83. The van der Waals surface area contributed by atoms with Crippen LogP contribution in [0.15, 0.2) is 63.8 Å². The lowest BCUT2D eigenvalue weighted by Crippen LogP contribution is -2.34. The highest BCUT2D eigenvalue weighted by atomic mass is 32.2. The van der Waals surface area contributed by atoms with Gasteiger partial charge in [-0.1, -0.05) is 48.9 Å². The van der Waals surface area contributed by atoms with Crippen molar-refractivity contribution in [1.82, 2.24) is 14.5 Å². The summed E-state index contributed by atoms with van der Waals surface area (Å²) >= 11 is 0. The third-order valence-corrected chi connectivity index (χ3v) is 9.23. The summed E-state index contributed by atoms with van der Waals surface area (Å²) in [4.78, 5) is 13.5. The van der Waals surface area contributed by atoms with Crippen LogP contribution in [0, 0.1) is 0 Å². The molecule has 0 spiro atoms. The standard InChI is InChI=1S/C25H30N4O4S/c30-25-27-26-24(33-25)21-13-16-28(17-14-21)22-11-9-19(10-12-22)18-29-15-5-4-8-23(34(29,31)32)20-6-2-1-3-7-20/h1-3,6-7,9-12,21,23H,4-5,8,13-18H2,(H,27,30). The Bertz CT molecular complexity index is 1250. The van der Waals surface area contributed by atoms with E-state index in [1.165, 1.54) is 0 Å². The average molecular weight is 483 g/mol. The van der Waals surface area contributed by atoms with Gasteiger partial charge in [-0.15, -0.1) is 5.10 Å². The fraction of sp³-hybridized carbons (Fsp3) is 0.440. The van der Waals surface area contributed by atoms with Gasteiger partial charge in [0.15, 0.2) is 0 Å². The first-order chi connectivity index (χ1) is 16.5. The van der Waals surface area contributed by atoms with Crippen LogP contribution in [0.5, 0.6) is 0 Å². The van der Waals surface area contributed by atoms with Gasteiger partial charge in [0.1, 0.15) is 5.25 Å². The van der Waals surface area contributed by atoms with Gasteiger partial charge >= 0.3 is 5.76 Å². The minimum Gasteiger partial charge on any atom is -0.392 e. The van der Waals surface area contributed by atoms with E-state index < -0.39 is 21.0 Å². The summed E-state index contributed by atoms with van der Waals surface area (Å²) in [6.07, 6.45) is 4.18. The van der Waals surface area contributed by atoms with Crippen LogP contribution in [0.2, 0.25) is 0 Å². The second-order valence-electron chi connectivity index (χ2n) is 9.15. The highest BCUT2D eigenvalue weighted by Gasteiger charge is 2.35. The van der Waals surface area contributed by atoms with Gasteiger partial charge < -0.3 is 9.32 Å². The summed E-state index contributed by atoms with van der Waals surface area (Å²) in [7, 11) is -3.43. The molecule has 34 heavy (non-hydrogen) atoms. The summed E-state index contributed by atoms with van der Waals surface area (Å²) < 4.78 is 33.8. The molecule has 8 nitrogen and oxygen atoms in total. The summed E-state index contributed by atoms with van der Waals surface area (Å²) in [6.45, 7) is 2.65. The second kappa shape index (κ2) is 9.76. The average Bonchev–Trinajstić information content (AvgIpc) is 3.24. The molecule has 2 aliphatic heterocycles. The van der Waals surface area contributed by atoms with Gasteiger partial charge in [0.25, 0.3) is 0 Å². The van der Waals surface area contributed by atoms with Gasteiger partial charge in [-0.05, 0) is 48.9 Å². The molecule has 1 N–H and O–H groups in total. The minimum atomic E-state index is -3.43. The Labute approximate surface area is 199 Å². The van der Waals surface area contributed by atoms with Crippen LogP contribution in [0.25, 0.3) is 0 Å². The van der Waals surface area contributed by atoms with E-state index in [-0.39, 0.29) is 5.92 Å². The Morgan fingerprint density at radius 2 is 1.68 bits per heavy atom. The van der Waals surface area contributed by atoms with Crippen molar-refractivity contribution < 1.29 is 12.8 Å². The molecule has 1 aromatic heterocycles. The van der Waals surface area contributed by atoms with Crippen LogP contribution in [0.4, 0.5) is 5.69 Å². The van der Waals surface area contributed by atoms with Crippen molar-refractivity contribution >= 4 is 15.7 Å². The zero-order valence-electron chi connectivity index (χ0n) is 19.1. The number of nitrogens with zero attached hydrogens (tertiary/aromatic N) is 3. The first-order valence-corrected chi connectivity index (χ1v) is 13.4. The van der Waals surface area contributed by atoms with E-state index in [0.29, 0.717) is 25.4 Å². The number of benzene rings is 2. The largest absolute Gasteiger partial charge is 0.434 e. The Morgan fingerprint density at radius 3 is 2.35 bits per heavy atom. The number of hydrogen-bond donors (Lipinski definition) is 1. The van der Waals surface area contributed by atoms with E-state index >= 15 is 0 Å². The minimum absolute atomic E-state index is 0.153. The number of aromatic amines is 1. The molecule has 9 heteroatoms. The molecule has 2 aromatic carbocycles. The molecule has 0 amide bonds. The van der Waals surface area contributed by atoms with Gasteiger partial charge in [0.2, 0.25) is 15.9 Å². The predicted octanol–water partition coefficient (Wildman–Crippen LogP) is 3.80. The van der Waals surface area contributed by atoms with Crippen molar-refractivity contribution in [2.24, 2.45) is 0 Å². The molecule has 2 saturated heterocycles. The van der Waals surface area contributed by atoms with Crippen molar-refractivity contribution in [1.29, 1.82) is 0 Å². The normalized spacial score (nSPS) is 21.9. The number of hydrogen-bond acceptors (Lipinski definition) is 6. The maximum absolute atomic E-state index is 13.5. The Hall–Kier alpha value is -2.91. The van der Waals surface area contributed by atoms with Gasteiger partial charge in [-0.25, -0.2) is 18.3 Å². The predicted molar refractivity (Wildman–Crippen MR) is 130 cm³/mol. The van der Waals surface area contributed by atoms with Crippen LogP contribution in [0.1, 0.15) is 60.3 Å². The molecule has 2 fully saturated rings. The second-order valence-corrected chi connectivity index (χ2v) is 11.3. The van der Waals surface area contributed by atoms with E-state index in [9.17, 15) is 13.2 Å². The molecule has 1 unspecified atom stereocenters. The van der Waals surface area contributed by atoms with Crippen LogP contribution < -0.4 is 10.7 Å². The molecule has 0 radical (unpaired) electrons. The van der Waals surface area contributed by atoms with Gasteiger partial charge in [-0.2, -0.15) is 4.31 Å². The molecule has 0 saturated carbocycles. The third kappa shape index (κ3) is 4.81. The van der Waals surface area contributed by atoms with Gasteiger partial charge in [-0.3, -0.25) is 0 Å². The molecule has 3 aromatic rings. The lowest BCUT2D eigenvalue weighted by molar-refractivity contribution is 0.380. The molecule has 3 heterocycles. The number of piperidine rings is 1. The Morgan fingerprint density at radius 1 is 0.941 bits per heavy atom. The molecule has 2 aliphatic rings. The molecule has 180 valence electrons. The molecular formula is C25H30N4O4S. The highest BCUT2D eigenvalue weighted by molar-refractivity contribution is 7.89. The smallest absolute Gasteiger partial charge is 0.392 e. The zero-order chi connectivity index (χ0) is 23.5. The summed E-state index contributed by atoms with van der Waals surface area (Å²) in [5.74, 6) is 0.141. The summed E-state index contributed by atoms with van der Waals surface area (Å²) in [6, 6.07) is 17.8. The Kier molecular flexibility index (Phi) is 6.56. The SMILES string of the molecule is O=c1[nH]nc(C2CCN(c3ccc(CN4CCCCC(c5ccccc5)S4(=O)=O)cc3)CC2)o1. The van der Waals surface area contributed by atoms with Crippen LogP contribution in [-0.4, -0.2) is 42.6 Å². The first-order valence-electron chi connectivity index (χ1n) is 11.9. The van der Waals surface area contributed by atoms with Crippen molar-refractivity contribution in [3.05, 3.63) is 82.2 Å². The van der Waals surface area contributed by atoms with Crippen molar-refractivity contribution in [3.8, 4) is 0 Å². The van der Waals surface area contributed by atoms with Gasteiger partial charge in [0, 0.05) is 37.8 Å².